The summed E-state index contributed by atoms with van der Waals surface area (Å²) in [6.45, 7) is 2.60. The number of halogens is 1. The molecule has 1 saturated heterocycles. The number of amides is 1. The highest BCUT2D eigenvalue weighted by Gasteiger charge is 2.45. The minimum atomic E-state index is -0.386. The molecule has 4 N–H and O–H groups in total. The molecule has 1 saturated carbocycles. The van der Waals surface area contributed by atoms with Crippen LogP contribution in [0.4, 0.5) is 11.8 Å². The molecule has 2 heterocycles. The van der Waals surface area contributed by atoms with E-state index in [1.807, 2.05) is 29.2 Å². The molecule has 0 atom stereocenters. The summed E-state index contributed by atoms with van der Waals surface area (Å²) in [5.41, 5.74) is 7.74. The Hall–Kier alpha value is -3.30. The highest BCUT2D eigenvalue weighted by atomic mass is 35.5. The third-order valence-electron chi connectivity index (χ3n) is 7.26. The predicted octanol–water partition coefficient (Wildman–Crippen LogP) is 2.99. The van der Waals surface area contributed by atoms with E-state index >= 15 is 0 Å². The van der Waals surface area contributed by atoms with Gasteiger partial charge in [0, 0.05) is 37.6 Å². The summed E-state index contributed by atoms with van der Waals surface area (Å²) in [7, 11) is 3.18. The van der Waals surface area contributed by atoms with Crippen LogP contribution in [0.5, 0.6) is 11.5 Å². The number of nitrogens with zero attached hydrogens (tertiary/aromatic N) is 4. The topological polar surface area (TPSA) is 125 Å². The fraction of sp³-hybridized carbons (Fsp3) is 0.423. The molecule has 36 heavy (non-hydrogen) atoms. The van der Waals surface area contributed by atoms with Gasteiger partial charge < -0.3 is 30.5 Å². The smallest absolute Gasteiger partial charge is 0.233 e. The van der Waals surface area contributed by atoms with Crippen LogP contribution < -0.4 is 20.1 Å². The highest BCUT2D eigenvalue weighted by molar-refractivity contribution is 5.92. The minimum absolute atomic E-state index is 0. The van der Waals surface area contributed by atoms with E-state index in [2.05, 4.69) is 22.0 Å². The Morgan fingerprint density at radius 3 is 2.17 bits per heavy atom. The number of aromatic nitrogens is 2. The molecular weight excluding hydrogens is 482 g/mol. The Morgan fingerprint density at radius 2 is 1.56 bits per heavy atom. The summed E-state index contributed by atoms with van der Waals surface area (Å²) in [6, 6.07) is 13.9. The third kappa shape index (κ3) is 4.73. The molecule has 0 radical (unpaired) electrons. The largest absolute Gasteiger partial charge is 0.493 e. The second-order valence-electron chi connectivity index (χ2n) is 9.07. The van der Waals surface area contributed by atoms with E-state index in [1.165, 1.54) is 0 Å². The molecule has 2 fully saturated rings. The molecule has 0 bridgehead atoms. The van der Waals surface area contributed by atoms with Crippen LogP contribution in [-0.4, -0.2) is 66.6 Å². The third-order valence-corrected chi connectivity index (χ3v) is 7.26. The van der Waals surface area contributed by atoms with Crippen LogP contribution in [0.1, 0.15) is 31.2 Å². The van der Waals surface area contributed by atoms with Crippen LogP contribution in [0.2, 0.25) is 0 Å². The molecule has 0 unspecified atom stereocenters. The Kier molecular flexibility index (Phi) is 8.47. The number of ether oxygens (including phenoxy) is 2. The van der Waals surface area contributed by atoms with Crippen LogP contribution in [0.15, 0.2) is 42.5 Å². The number of benzene rings is 2. The van der Waals surface area contributed by atoms with Gasteiger partial charge in [-0.1, -0.05) is 43.2 Å². The maximum Gasteiger partial charge on any atom is 0.233 e. The van der Waals surface area contributed by atoms with Crippen molar-refractivity contribution in [2.45, 2.75) is 31.1 Å². The van der Waals surface area contributed by atoms with Crippen molar-refractivity contribution >= 4 is 41.0 Å². The molecule has 194 valence electrons. The number of rotatable bonds is 5. The lowest BCUT2D eigenvalue weighted by atomic mass is 9.77. The lowest BCUT2D eigenvalue weighted by Crippen LogP contribution is -2.54. The highest BCUT2D eigenvalue weighted by Crippen LogP contribution is 2.43. The van der Waals surface area contributed by atoms with Gasteiger partial charge in [-0.15, -0.1) is 12.4 Å². The van der Waals surface area contributed by atoms with Crippen molar-refractivity contribution in [2.24, 2.45) is 0 Å². The summed E-state index contributed by atoms with van der Waals surface area (Å²) >= 11 is 0. The van der Waals surface area contributed by atoms with Crippen LogP contribution in [0, 0.1) is 0 Å². The number of hydrogen-bond donors (Lipinski definition) is 1. The van der Waals surface area contributed by atoms with E-state index < -0.39 is 0 Å². The van der Waals surface area contributed by atoms with Gasteiger partial charge in [-0.2, -0.15) is 4.98 Å². The Labute approximate surface area is 217 Å². The molecule has 2 aliphatic rings. The van der Waals surface area contributed by atoms with E-state index in [0.29, 0.717) is 55.0 Å². The van der Waals surface area contributed by atoms with Crippen LogP contribution in [-0.2, 0) is 10.2 Å². The average molecular weight is 516 g/mol. The first kappa shape index (κ1) is 27.3. The van der Waals surface area contributed by atoms with Crippen LogP contribution in [0.25, 0.3) is 10.9 Å². The standard InChI is InChI=1S/C26H31N5O3.ClH.H2O/c1-33-21-16-19-20(17-22(21)34-2)28-25(29-23(19)27)31-14-12-30(13-15-31)24(32)26(10-6-7-11-26)18-8-4-3-5-9-18;;/h3-5,8-9,16-17H,6-7,10-15H2,1-2H3,(H2,27,28,29);1H;1H2. The molecule has 10 heteroatoms. The maximum atomic E-state index is 13.8. The Morgan fingerprint density at radius 1 is 0.944 bits per heavy atom. The molecular formula is C26H34ClN5O4. The first-order valence-electron chi connectivity index (χ1n) is 11.8. The number of carbonyl (C=O) groups excluding carboxylic acids is 1. The first-order valence-corrected chi connectivity index (χ1v) is 11.8. The van der Waals surface area contributed by atoms with Crippen molar-refractivity contribution in [1.29, 1.82) is 0 Å². The molecule has 1 aliphatic carbocycles. The fourth-order valence-electron chi connectivity index (χ4n) is 5.38. The van der Waals surface area contributed by atoms with E-state index in [4.69, 9.17) is 20.2 Å². The van der Waals surface area contributed by atoms with Gasteiger partial charge in [0.1, 0.15) is 5.82 Å². The van der Waals surface area contributed by atoms with E-state index in [0.717, 1.165) is 36.6 Å². The zero-order valence-corrected chi connectivity index (χ0v) is 21.5. The molecule has 9 nitrogen and oxygen atoms in total. The van der Waals surface area contributed by atoms with Crippen molar-refractivity contribution < 1.29 is 19.7 Å². The molecule has 1 aliphatic heterocycles. The lowest BCUT2D eigenvalue weighted by Gasteiger charge is -2.40. The normalized spacial score (nSPS) is 16.7. The monoisotopic (exact) mass is 515 g/mol. The van der Waals surface area contributed by atoms with Crippen molar-refractivity contribution in [3.63, 3.8) is 0 Å². The molecule has 2 aromatic carbocycles. The Bertz CT molecular complexity index is 1200. The predicted molar refractivity (Wildman–Crippen MR) is 143 cm³/mol. The Balaban J connectivity index is 0.00000180. The number of anilines is 2. The van der Waals surface area contributed by atoms with Gasteiger partial charge in [0.05, 0.1) is 25.2 Å². The average Bonchev–Trinajstić information content (AvgIpc) is 3.39. The summed E-state index contributed by atoms with van der Waals surface area (Å²) < 4.78 is 10.8. The number of carbonyl (C=O) groups is 1. The number of hydrogen-bond acceptors (Lipinski definition) is 7. The first-order chi connectivity index (χ1) is 16.6. The second kappa shape index (κ2) is 11.2. The van der Waals surface area contributed by atoms with Crippen molar-refractivity contribution in [1.82, 2.24) is 14.9 Å². The zero-order valence-electron chi connectivity index (χ0n) is 20.7. The van der Waals surface area contributed by atoms with E-state index in [-0.39, 0.29) is 29.2 Å². The fourth-order valence-corrected chi connectivity index (χ4v) is 5.38. The van der Waals surface area contributed by atoms with Crippen molar-refractivity contribution in [2.75, 3.05) is 51.0 Å². The number of piperazine rings is 1. The molecule has 5 rings (SSSR count). The van der Waals surface area contributed by atoms with Gasteiger partial charge in [0.25, 0.3) is 0 Å². The molecule has 1 amide bonds. The number of methoxy groups -OCH3 is 2. The number of fused-ring (bicyclic) bond motifs is 1. The summed E-state index contributed by atoms with van der Waals surface area (Å²) in [6.07, 6.45) is 4.04. The minimum Gasteiger partial charge on any atom is -0.493 e. The molecule has 1 aromatic heterocycles. The van der Waals surface area contributed by atoms with Crippen molar-refractivity contribution in [3.8, 4) is 11.5 Å². The summed E-state index contributed by atoms with van der Waals surface area (Å²) in [5, 5.41) is 0.723. The van der Waals surface area contributed by atoms with Crippen LogP contribution in [0.3, 0.4) is 0 Å². The maximum absolute atomic E-state index is 13.8. The van der Waals surface area contributed by atoms with Gasteiger partial charge in [-0.25, -0.2) is 4.98 Å². The van der Waals surface area contributed by atoms with Gasteiger partial charge in [-0.3, -0.25) is 4.79 Å². The van der Waals surface area contributed by atoms with E-state index in [1.54, 1.807) is 20.3 Å². The SMILES string of the molecule is COc1cc2nc(N3CCN(C(=O)C4(c5ccccc5)CCCC4)CC3)nc(N)c2cc1OC.Cl.O. The number of nitrogens with two attached hydrogens (primary N) is 1. The van der Waals surface area contributed by atoms with E-state index in [9.17, 15) is 4.79 Å². The lowest BCUT2D eigenvalue weighted by molar-refractivity contribution is -0.137. The van der Waals surface area contributed by atoms with Gasteiger partial charge >= 0.3 is 0 Å². The molecule has 3 aromatic rings. The summed E-state index contributed by atoms with van der Waals surface area (Å²) in [5.74, 6) is 2.41. The quantitative estimate of drug-likeness (QED) is 0.553. The van der Waals surface area contributed by atoms with Crippen LogP contribution >= 0.6 is 12.4 Å². The number of nitrogen functional groups attached to an aromatic ring is 1. The summed E-state index contributed by atoms with van der Waals surface area (Å²) in [4.78, 5) is 27.2. The van der Waals surface area contributed by atoms with Crippen molar-refractivity contribution in [3.05, 3.63) is 48.0 Å². The van der Waals surface area contributed by atoms with Gasteiger partial charge in [-0.05, 0) is 24.5 Å². The van der Waals surface area contributed by atoms with Gasteiger partial charge in [0.2, 0.25) is 11.9 Å². The molecule has 0 spiro atoms. The second-order valence-corrected chi connectivity index (χ2v) is 9.07. The van der Waals surface area contributed by atoms with Gasteiger partial charge in [0.15, 0.2) is 11.5 Å². The zero-order chi connectivity index (χ0) is 23.7.